The fourth-order valence-corrected chi connectivity index (χ4v) is 5.79. The third kappa shape index (κ3) is 2.34. The molecule has 0 bridgehead atoms. The molecule has 1 aliphatic heterocycles. The number of thiophene rings is 1. The molecular weight excluding hydrogens is 268 g/mol. The number of sulfonamides is 1. The normalized spacial score (nSPS) is 21.6. The standard InChI is InChI=1S/C12H20N2O2S2/c1-3-10-5-4-6-14(10)18(15,16)12-7-11(8-13)17-9(12)2/h7,10H,3-6,8,13H2,1-2H3. The minimum Gasteiger partial charge on any atom is -0.326 e. The lowest BCUT2D eigenvalue weighted by molar-refractivity contribution is 0.379. The molecule has 1 aromatic heterocycles. The Balaban J connectivity index is 2.38. The summed E-state index contributed by atoms with van der Waals surface area (Å²) in [6, 6.07) is 1.90. The molecule has 1 aliphatic rings. The highest BCUT2D eigenvalue weighted by Gasteiger charge is 2.35. The average Bonchev–Trinajstić information content (AvgIpc) is 2.94. The quantitative estimate of drug-likeness (QED) is 0.922. The number of rotatable bonds is 4. The van der Waals surface area contributed by atoms with Crippen LogP contribution in [0.4, 0.5) is 0 Å². The van der Waals surface area contributed by atoms with Crippen molar-refractivity contribution >= 4 is 21.4 Å². The van der Waals surface area contributed by atoms with Gasteiger partial charge in [-0.1, -0.05) is 6.92 Å². The van der Waals surface area contributed by atoms with Gasteiger partial charge in [-0.3, -0.25) is 0 Å². The highest BCUT2D eigenvalue weighted by molar-refractivity contribution is 7.89. The van der Waals surface area contributed by atoms with E-state index in [1.165, 1.54) is 11.3 Å². The molecule has 0 saturated carbocycles. The van der Waals surface area contributed by atoms with E-state index in [4.69, 9.17) is 5.73 Å². The Morgan fingerprint density at radius 3 is 2.83 bits per heavy atom. The van der Waals surface area contributed by atoms with E-state index >= 15 is 0 Å². The molecule has 0 amide bonds. The summed E-state index contributed by atoms with van der Waals surface area (Å²) in [5.41, 5.74) is 5.58. The molecule has 102 valence electrons. The van der Waals surface area contributed by atoms with Crippen LogP contribution in [0.3, 0.4) is 0 Å². The molecule has 0 aliphatic carbocycles. The summed E-state index contributed by atoms with van der Waals surface area (Å²) in [5, 5.41) is 0. The molecule has 2 heterocycles. The SMILES string of the molecule is CCC1CCCN1S(=O)(=O)c1cc(CN)sc1C. The first-order chi connectivity index (χ1) is 8.50. The van der Waals surface area contributed by atoms with E-state index in [9.17, 15) is 8.42 Å². The van der Waals surface area contributed by atoms with Gasteiger partial charge in [-0.2, -0.15) is 4.31 Å². The summed E-state index contributed by atoms with van der Waals surface area (Å²) < 4.78 is 27.0. The Kier molecular flexibility index (Phi) is 4.11. The monoisotopic (exact) mass is 288 g/mol. The maximum absolute atomic E-state index is 12.6. The Labute approximate surface area is 113 Å². The van der Waals surface area contributed by atoms with Crippen molar-refractivity contribution in [1.29, 1.82) is 0 Å². The average molecular weight is 288 g/mol. The van der Waals surface area contributed by atoms with Crippen molar-refractivity contribution in [1.82, 2.24) is 4.31 Å². The number of hydrogen-bond donors (Lipinski definition) is 1. The lowest BCUT2D eigenvalue weighted by Gasteiger charge is -2.22. The first-order valence-corrected chi connectivity index (χ1v) is 8.57. The maximum Gasteiger partial charge on any atom is 0.244 e. The van der Waals surface area contributed by atoms with Gasteiger partial charge >= 0.3 is 0 Å². The van der Waals surface area contributed by atoms with Crippen molar-refractivity contribution in [2.45, 2.75) is 50.6 Å². The van der Waals surface area contributed by atoms with Crippen molar-refractivity contribution in [3.8, 4) is 0 Å². The van der Waals surface area contributed by atoms with Gasteiger partial charge in [-0.25, -0.2) is 8.42 Å². The molecule has 0 radical (unpaired) electrons. The van der Waals surface area contributed by atoms with Gasteiger partial charge in [0.2, 0.25) is 10.0 Å². The largest absolute Gasteiger partial charge is 0.326 e. The van der Waals surface area contributed by atoms with Crippen LogP contribution in [-0.4, -0.2) is 25.3 Å². The Morgan fingerprint density at radius 2 is 2.28 bits per heavy atom. The summed E-state index contributed by atoms with van der Waals surface area (Å²) in [5.74, 6) is 0. The molecule has 1 unspecified atom stereocenters. The van der Waals surface area contributed by atoms with Gasteiger partial charge in [-0.15, -0.1) is 11.3 Å². The van der Waals surface area contributed by atoms with Crippen LogP contribution in [0.5, 0.6) is 0 Å². The minimum atomic E-state index is -3.33. The second kappa shape index (κ2) is 5.28. The third-order valence-corrected chi connectivity index (χ3v) is 6.79. The second-order valence-electron chi connectivity index (χ2n) is 4.66. The zero-order valence-corrected chi connectivity index (χ0v) is 12.5. The number of nitrogens with zero attached hydrogens (tertiary/aromatic N) is 1. The summed E-state index contributed by atoms with van der Waals surface area (Å²) in [4.78, 5) is 2.23. The molecule has 0 aromatic carbocycles. The summed E-state index contributed by atoms with van der Waals surface area (Å²) >= 11 is 1.48. The molecule has 1 atom stereocenters. The molecule has 0 spiro atoms. The van der Waals surface area contributed by atoms with E-state index in [0.29, 0.717) is 18.0 Å². The fourth-order valence-electron chi connectivity index (χ4n) is 2.54. The highest BCUT2D eigenvalue weighted by Crippen LogP contribution is 2.32. The van der Waals surface area contributed by atoms with Crippen molar-refractivity contribution in [2.24, 2.45) is 5.73 Å². The van der Waals surface area contributed by atoms with Gasteiger partial charge in [0.05, 0.1) is 4.90 Å². The zero-order chi connectivity index (χ0) is 13.3. The molecule has 2 N–H and O–H groups in total. The molecule has 4 nitrogen and oxygen atoms in total. The van der Waals surface area contributed by atoms with E-state index in [0.717, 1.165) is 29.0 Å². The summed E-state index contributed by atoms with van der Waals surface area (Å²) in [7, 11) is -3.33. The first-order valence-electron chi connectivity index (χ1n) is 6.32. The van der Waals surface area contributed by atoms with Gasteiger partial charge in [0.25, 0.3) is 0 Å². The minimum absolute atomic E-state index is 0.163. The van der Waals surface area contributed by atoms with Crippen LogP contribution in [0.2, 0.25) is 0 Å². The van der Waals surface area contributed by atoms with Gasteiger partial charge < -0.3 is 5.73 Å². The van der Waals surface area contributed by atoms with Crippen LogP contribution in [0, 0.1) is 6.92 Å². The van der Waals surface area contributed by atoms with Crippen molar-refractivity contribution < 1.29 is 8.42 Å². The second-order valence-corrected chi connectivity index (χ2v) is 7.86. The first kappa shape index (κ1) is 14.0. The van der Waals surface area contributed by atoms with Crippen LogP contribution >= 0.6 is 11.3 Å². The highest BCUT2D eigenvalue weighted by atomic mass is 32.2. The lowest BCUT2D eigenvalue weighted by atomic mass is 10.2. The van der Waals surface area contributed by atoms with E-state index in [2.05, 4.69) is 0 Å². The Bertz CT molecular complexity index is 522. The fraction of sp³-hybridized carbons (Fsp3) is 0.667. The van der Waals surface area contributed by atoms with Crippen LogP contribution in [0.1, 0.15) is 35.9 Å². The summed E-state index contributed by atoms with van der Waals surface area (Å²) in [6.45, 7) is 4.95. The van der Waals surface area contributed by atoms with Gasteiger partial charge in [0.15, 0.2) is 0 Å². The van der Waals surface area contributed by atoms with Crippen molar-refractivity contribution in [2.75, 3.05) is 6.54 Å². The third-order valence-electron chi connectivity index (χ3n) is 3.51. The van der Waals surface area contributed by atoms with Crippen LogP contribution in [-0.2, 0) is 16.6 Å². The van der Waals surface area contributed by atoms with Crippen molar-refractivity contribution in [3.63, 3.8) is 0 Å². The van der Waals surface area contributed by atoms with Gasteiger partial charge in [0, 0.05) is 28.9 Å². The summed E-state index contributed by atoms with van der Waals surface area (Å²) in [6.07, 6.45) is 2.82. The van der Waals surface area contributed by atoms with E-state index in [1.54, 1.807) is 10.4 Å². The van der Waals surface area contributed by atoms with Crippen LogP contribution in [0.25, 0.3) is 0 Å². The predicted molar refractivity (Wildman–Crippen MR) is 74.2 cm³/mol. The lowest BCUT2D eigenvalue weighted by Crippen LogP contribution is -2.35. The van der Waals surface area contributed by atoms with Crippen molar-refractivity contribution in [3.05, 3.63) is 15.8 Å². The van der Waals surface area contributed by atoms with Crippen LogP contribution in [0.15, 0.2) is 11.0 Å². The van der Waals surface area contributed by atoms with E-state index in [1.807, 2.05) is 13.8 Å². The molecule has 18 heavy (non-hydrogen) atoms. The topological polar surface area (TPSA) is 63.4 Å². The molecule has 1 fully saturated rings. The maximum atomic E-state index is 12.6. The molecule has 6 heteroatoms. The Hall–Kier alpha value is -0.430. The Morgan fingerprint density at radius 1 is 1.56 bits per heavy atom. The number of hydrogen-bond acceptors (Lipinski definition) is 4. The molecule has 2 rings (SSSR count). The van der Waals surface area contributed by atoms with E-state index < -0.39 is 10.0 Å². The van der Waals surface area contributed by atoms with Gasteiger partial charge in [-0.05, 0) is 32.3 Å². The number of nitrogens with two attached hydrogens (primary N) is 1. The smallest absolute Gasteiger partial charge is 0.244 e. The zero-order valence-electron chi connectivity index (χ0n) is 10.8. The molecule has 1 saturated heterocycles. The van der Waals surface area contributed by atoms with Crippen LogP contribution < -0.4 is 5.73 Å². The predicted octanol–water partition coefficient (Wildman–Crippen LogP) is 2.08. The molecular formula is C12H20N2O2S2. The molecule has 1 aromatic rings. The van der Waals surface area contributed by atoms with E-state index in [-0.39, 0.29) is 6.04 Å². The van der Waals surface area contributed by atoms with Gasteiger partial charge in [0.1, 0.15) is 0 Å². The number of aryl methyl sites for hydroxylation is 1.